The summed E-state index contributed by atoms with van der Waals surface area (Å²) in [6, 6.07) is 4.61. The molecule has 9 nitrogen and oxygen atoms in total. The Balaban J connectivity index is 0.00000312. The molecule has 0 saturated carbocycles. The van der Waals surface area contributed by atoms with E-state index >= 15 is 0 Å². The van der Waals surface area contributed by atoms with Crippen molar-refractivity contribution in [2.45, 2.75) is 17.7 Å². The number of amides is 1. The van der Waals surface area contributed by atoms with Gasteiger partial charge in [-0.15, -0.1) is 12.4 Å². The monoisotopic (exact) mass is 392 g/mol. The zero-order valence-electron chi connectivity index (χ0n) is 13.4. The number of benzene rings is 1. The molecule has 1 saturated heterocycles. The van der Waals surface area contributed by atoms with E-state index in [0.29, 0.717) is 6.54 Å². The van der Waals surface area contributed by atoms with Gasteiger partial charge in [0.1, 0.15) is 0 Å². The molecule has 1 aliphatic rings. The number of carbonyl (C=O) groups is 1. The fourth-order valence-corrected chi connectivity index (χ4v) is 3.45. The van der Waals surface area contributed by atoms with Crippen LogP contribution in [-0.4, -0.2) is 45.4 Å². The molecule has 1 fully saturated rings. The van der Waals surface area contributed by atoms with Gasteiger partial charge >= 0.3 is 0 Å². The van der Waals surface area contributed by atoms with E-state index in [0.717, 1.165) is 31.5 Å². The van der Waals surface area contributed by atoms with E-state index in [-0.39, 0.29) is 47.9 Å². The van der Waals surface area contributed by atoms with Crippen LogP contribution in [0.1, 0.15) is 12.8 Å². The van der Waals surface area contributed by atoms with E-state index in [1.54, 1.807) is 0 Å². The first-order valence-corrected chi connectivity index (χ1v) is 9.11. The molecule has 1 aliphatic heterocycles. The number of hydrogen-bond donors (Lipinski definition) is 3. The van der Waals surface area contributed by atoms with Gasteiger partial charge in [-0.2, -0.15) is 0 Å². The van der Waals surface area contributed by atoms with E-state index in [9.17, 15) is 23.3 Å². The van der Waals surface area contributed by atoms with Gasteiger partial charge in [-0.25, -0.2) is 13.1 Å². The number of rotatable bonds is 7. The summed E-state index contributed by atoms with van der Waals surface area (Å²) >= 11 is 0. The third kappa shape index (κ3) is 6.24. The Hall–Kier alpha value is -1.75. The maximum absolute atomic E-state index is 12.1. The van der Waals surface area contributed by atoms with Crippen molar-refractivity contribution in [1.29, 1.82) is 0 Å². The van der Waals surface area contributed by atoms with Gasteiger partial charge in [-0.05, 0) is 31.5 Å². The molecule has 2 rings (SSSR count). The number of carbonyl (C=O) groups excluding carboxylic acids is 1. The highest BCUT2D eigenvalue weighted by Gasteiger charge is 2.20. The normalized spacial score (nSPS) is 17.4. The number of sulfonamides is 1. The van der Waals surface area contributed by atoms with Crippen LogP contribution in [0, 0.1) is 16.0 Å². The standard InChI is InChI=1S/C14H20N4O5S.ClH/c19-14(11-2-1-7-15-10-11)16-8-9-17-24(22,23)13-5-3-12(4-6-13)18(20)21;/h3-6,11,15,17H,1-2,7-10H2,(H,16,19);1H. The molecule has 1 amide bonds. The number of non-ortho nitro benzene ring substituents is 1. The summed E-state index contributed by atoms with van der Waals surface area (Å²) in [6.45, 7) is 1.78. The van der Waals surface area contributed by atoms with Crippen LogP contribution in [0.2, 0.25) is 0 Å². The number of nitrogens with zero attached hydrogens (tertiary/aromatic N) is 1. The predicted molar refractivity (Wildman–Crippen MR) is 94.1 cm³/mol. The van der Waals surface area contributed by atoms with E-state index in [1.807, 2.05) is 0 Å². The van der Waals surface area contributed by atoms with Crippen molar-refractivity contribution in [3.63, 3.8) is 0 Å². The third-order valence-electron chi connectivity index (χ3n) is 3.74. The van der Waals surface area contributed by atoms with Crippen LogP contribution in [0.25, 0.3) is 0 Å². The summed E-state index contributed by atoms with van der Waals surface area (Å²) in [7, 11) is -3.76. The lowest BCUT2D eigenvalue weighted by Gasteiger charge is -2.21. The van der Waals surface area contributed by atoms with Crippen LogP contribution in [0.4, 0.5) is 5.69 Å². The molecular weight excluding hydrogens is 372 g/mol. The number of nitrogens with one attached hydrogen (secondary N) is 3. The number of hydrogen-bond acceptors (Lipinski definition) is 6. The lowest BCUT2D eigenvalue weighted by Crippen LogP contribution is -2.42. The quantitative estimate of drug-likeness (QED) is 0.350. The number of nitro benzene ring substituents is 1. The Morgan fingerprint density at radius 2 is 1.96 bits per heavy atom. The average Bonchev–Trinajstić information content (AvgIpc) is 2.59. The smallest absolute Gasteiger partial charge is 0.269 e. The lowest BCUT2D eigenvalue weighted by molar-refractivity contribution is -0.384. The molecule has 0 spiro atoms. The molecule has 140 valence electrons. The summed E-state index contributed by atoms with van der Waals surface area (Å²) in [5.41, 5.74) is -0.178. The van der Waals surface area contributed by atoms with Crippen LogP contribution in [0.5, 0.6) is 0 Å². The zero-order valence-corrected chi connectivity index (χ0v) is 15.1. The number of nitro groups is 1. The summed E-state index contributed by atoms with van der Waals surface area (Å²) in [5.74, 6) is -0.165. The Morgan fingerprint density at radius 3 is 2.52 bits per heavy atom. The van der Waals surface area contributed by atoms with Crippen molar-refractivity contribution in [3.05, 3.63) is 34.4 Å². The minimum Gasteiger partial charge on any atom is -0.355 e. The first-order chi connectivity index (χ1) is 11.4. The molecule has 1 heterocycles. The minimum absolute atomic E-state index is 0. The van der Waals surface area contributed by atoms with Crippen molar-refractivity contribution < 1.29 is 18.1 Å². The third-order valence-corrected chi connectivity index (χ3v) is 5.22. The Morgan fingerprint density at radius 1 is 1.28 bits per heavy atom. The molecule has 0 radical (unpaired) electrons. The summed E-state index contributed by atoms with van der Waals surface area (Å²) in [4.78, 5) is 21.8. The molecular formula is C14H21ClN4O5S. The fourth-order valence-electron chi connectivity index (χ4n) is 2.42. The second-order valence-corrected chi connectivity index (χ2v) is 7.25. The van der Waals surface area contributed by atoms with Gasteiger partial charge in [0.15, 0.2) is 0 Å². The minimum atomic E-state index is -3.76. The maximum Gasteiger partial charge on any atom is 0.269 e. The molecule has 1 atom stereocenters. The van der Waals surface area contributed by atoms with Crippen LogP contribution in [0.3, 0.4) is 0 Å². The van der Waals surface area contributed by atoms with Crippen LogP contribution in [0.15, 0.2) is 29.2 Å². The highest BCUT2D eigenvalue weighted by Crippen LogP contribution is 2.15. The van der Waals surface area contributed by atoms with Gasteiger partial charge in [0, 0.05) is 31.8 Å². The number of halogens is 1. The van der Waals surface area contributed by atoms with Gasteiger partial charge in [0.05, 0.1) is 15.7 Å². The molecule has 1 aromatic rings. The van der Waals surface area contributed by atoms with E-state index in [4.69, 9.17) is 0 Å². The topological polar surface area (TPSA) is 130 Å². The molecule has 1 unspecified atom stereocenters. The molecule has 1 aromatic carbocycles. The molecule has 3 N–H and O–H groups in total. The Kier molecular flexibility index (Phi) is 8.23. The second-order valence-electron chi connectivity index (χ2n) is 5.48. The Bertz CT molecular complexity index is 690. The molecule has 25 heavy (non-hydrogen) atoms. The highest BCUT2D eigenvalue weighted by atomic mass is 35.5. The van der Waals surface area contributed by atoms with Gasteiger partial charge in [-0.3, -0.25) is 14.9 Å². The van der Waals surface area contributed by atoms with Crippen molar-refractivity contribution in [3.8, 4) is 0 Å². The van der Waals surface area contributed by atoms with E-state index < -0.39 is 14.9 Å². The van der Waals surface area contributed by atoms with Crippen LogP contribution >= 0.6 is 12.4 Å². The average molecular weight is 393 g/mol. The Labute approximate surface area is 152 Å². The maximum atomic E-state index is 12.1. The van der Waals surface area contributed by atoms with Gasteiger partial charge in [0.2, 0.25) is 15.9 Å². The molecule has 11 heteroatoms. The fraction of sp³-hybridized carbons (Fsp3) is 0.500. The highest BCUT2D eigenvalue weighted by molar-refractivity contribution is 7.89. The summed E-state index contributed by atoms with van der Waals surface area (Å²) < 4.78 is 26.5. The van der Waals surface area contributed by atoms with E-state index in [2.05, 4.69) is 15.4 Å². The van der Waals surface area contributed by atoms with Crippen LogP contribution in [-0.2, 0) is 14.8 Å². The molecule has 0 bridgehead atoms. The van der Waals surface area contributed by atoms with Crippen molar-refractivity contribution in [2.75, 3.05) is 26.2 Å². The SMILES string of the molecule is Cl.O=C(NCCNS(=O)(=O)c1ccc([N+](=O)[O-])cc1)C1CCCNC1. The van der Waals surface area contributed by atoms with Crippen LogP contribution < -0.4 is 15.4 Å². The summed E-state index contributed by atoms with van der Waals surface area (Å²) in [5, 5.41) is 16.4. The predicted octanol–water partition coefficient (Wildman–Crippen LogP) is 0.411. The molecule has 0 aliphatic carbocycles. The number of piperidine rings is 1. The van der Waals surface area contributed by atoms with Crippen molar-refractivity contribution >= 4 is 34.0 Å². The first-order valence-electron chi connectivity index (χ1n) is 7.63. The molecule has 0 aromatic heterocycles. The lowest BCUT2D eigenvalue weighted by atomic mass is 9.99. The largest absolute Gasteiger partial charge is 0.355 e. The van der Waals surface area contributed by atoms with Crippen molar-refractivity contribution in [1.82, 2.24) is 15.4 Å². The van der Waals surface area contributed by atoms with Gasteiger partial charge in [-0.1, -0.05) is 0 Å². The first kappa shape index (κ1) is 21.3. The van der Waals surface area contributed by atoms with Gasteiger partial charge in [0.25, 0.3) is 5.69 Å². The van der Waals surface area contributed by atoms with Crippen molar-refractivity contribution in [2.24, 2.45) is 5.92 Å². The van der Waals surface area contributed by atoms with Gasteiger partial charge < -0.3 is 10.6 Å². The zero-order chi connectivity index (χ0) is 17.6. The second kappa shape index (κ2) is 9.66. The summed E-state index contributed by atoms with van der Waals surface area (Å²) in [6.07, 6.45) is 1.78. The van der Waals surface area contributed by atoms with E-state index in [1.165, 1.54) is 12.1 Å².